The van der Waals surface area contributed by atoms with Crippen molar-refractivity contribution in [2.45, 2.75) is 51.5 Å². The van der Waals surface area contributed by atoms with E-state index < -0.39 is 0 Å². The monoisotopic (exact) mass is 358 g/mol. The summed E-state index contributed by atoms with van der Waals surface area (Å²) < 4.78 is 12.9. The number of nitrogens with one attached hydrogen (secondary N) is 2. The van der Waals surface area contributed by atoms with Crippen LogP contribution in [0.15, 0.2) is 24.3 Å². The number of rotatable bonds is 5. The van der Waals surface area contributed by atoms with E-state index in [-0.39, 0.29) is 35.6 Å². The third-order valence-corrected chi connectivity index (χ3v) is 6.90. The molecule has 0 spiro atoms. The Labute approximate surface area is 153 Å². The molecule has 0 aromatic heterocycles. The van der Waals surface area contributed by atoms with E-state index in [0.717, 1.165) is 17.8 Å². The molecule has 4 fully saturated rings. The van der Waals surface area contributed by atoms with Crippen LogP contribution in [-0.4, -0.2) is 24.4 Å². The van der Waals surface area contributed by atoms with Crippen LogP contribution in [0.25, 0.3) is 0 Å². The second-order valence-electron chi connectivity index (χ2n) is 8.76. The van der Waals surface area contributed by atoms with Crippen molar-refractivity contribution in [2.75, 3.05) is 6.54 Å². The largest absolute Gasteiger partial charge is 0.352 e. The van der Waals surface area contributed by atoms with Gasteiger partial charge in [-0.25, -0.2) is 4.39 Å². The number of benzene rings is 1. The van der Waals surface area contributed by atoms with Gasteiger partial charge in [0, 0.05) is 11.6 Å². The van der Waals surface area contributed by atoms with Gasteiger partial charge in [0.25, 0.3) is 5.91 Å². The van der Waals surface area contributed by atoms with Gasteiger partial charge in [0.05, 0.1) is 6.54 Å². The Morgan fingerprint density at radius 3 is 2.15 bits per heavy atom. The fourth-order valence-corrected chi connectivity index (χ4v) is 6.02. The van der Waals surface area contributed by atoms with Gasteiger partial charge in [0.15, 0.2) is 0 Å². The van der Waals surface area contributed by atoms with Crippen LogP contribution in [0, 0.1) is 29.0 Å². The highest BCUT2D eigenvalue weighted by atomic mass is 19.1. The van der Waals surface area contributed by atoms with Crippen molar-refractivity contribution in [3.63, 3.8) is 0 Å². The first-order chi connectivity index (χ1) is 12.4. The molecule has 0 heterocycles. The van der Waals surface area contributed by atoms with E-state index in [1.54, 1.807) is 0 Å². The number of carbonyl (C=O) groups excluding carboxylic acids is 2. The van der Waals surface area contributed by atoms with Crippen LogP contribution in [-0.2, 0) is 4.79 Å². The van der Waals surface area contributed by atoms with Crippen molar-refractivity contribution < 1.29 is 14.0 Å². The molecule has 1 aromatic carbocycles. The van der Waals surface area contributed by atoms with E-state index in [1.807, 2.05) is 0 Å². The molecule has 0 aliphatic heterocycles. The van der Waals surface area contributed by atoms with Gasteiger partial charge in [-0.3, -0.25) is 9.59 Å². The lowest BCUT2D eigenvalue weighted by Gasteiger charge is -2.59. The van der Waals surface area contributed by atoms with Gasteiger partial charge in [0.2, 0.25) is 5.91 Å². The molecule has 0 saturated heterocycles. The van der Waals surface area contributed by atoms with E-state index in [0.29, 0.717) is 5.56 Å². The quantitative estimate of drug-likeness (QED) is 0.849. The topological polar surface area (TPSA) is 58.2 Å². The zero-order valence-electron chi connectivity index (χ0n) is 15.3. The third kappa shape index (κ3) is 3.36. The van der Waals surface area contributed by atoms with Gasteiger partial charge in [-0.1, -0.05) is 0 Å². The fraction of sp³-hybridized carbons (Fsp3) is 0.619. The molecule has 1 atom stereocenters. The SMILES string of the molecule is CC(NC(=O)CNC(=O)c1ccc(F)cc1)C12CC3CC(CC(C3)C1)C2. The smallest absolute Gasteiger partial charge is 0.251 e. The minimum Gasteiger partial charge on any atom is -0.352 e. The standard InChI is InChI=1S/C21H27FN2O2/c1-13(21-9-14-6-15(10-21)8-16(7-14)11-21)24-19(25)12-23-20(26)17-2-4-18(22)5-3-17/h2-5,13-16H,6-12H2,1H3,(H,23,26)(H,24,25). The van der Waals surface area contributed by atoms with E-state index >= 15 is 0 Å². The summed E-state index contributed by atoms with van der Waals surface area (Å²) >= 11 is 0. The molecule has 26 heavy (non-hydrogen) atoms. The second-order valence-corrected chi connectivity index (χ2v) is 8.76. The number of halogens is 1. The molecule has 2 N–H and O–H groups in total. The van der Waals surface area contributed by atoms with Crippen LogP contribution in [0.3, 0.4) is 0 Å². The van der Waals surface area contributed by atoms with Gasteiger partial charge in [-0.05, 0) is 92.9 Å². The molecule has 0 radical (unpaired) electrons. The Bertz CT molecular complexity index is 665. The summed E-state index contributed by atoms with van der Waals surface area (Å²) in [5.74, 6) is 1.64. The number of carbonyl (C=O) groups is 2. The van der Waals surface area contributed by atoms with Crippen molar-refractivity contribution >= 4 is 11.8 Å². The summed E-state index contributed by atoms with van der Waals surface area (Å²) in [7, 11) is 0. The molecule has 1 unspecified atom stereocenters. The fourth-order valence-electron chi connectivity index (χ4n) is 6.02. The Hall–Kier alpha value is -1.91. The van der Waals surface area contributed by atoms with Gasteiger partial charge in [-0.15, -0.1) is 0 Å². The van der Waals surface area contributed by atoms with Crippen molar-refractivity contribution in [2.24, 2.45) is 23.2 Å². The average Bonchev–Trinajstić information content (AvgIpc) is 2.59. The van der Waals surface area contributed by atoms with Crippen molar-refractivity contribution in [1.29, 1.82) is 0 Å². The molecular formula is C21H27FN2O2. The number of hydrogen-bond acceptors (Lipinski definition) is 2. The van der Waals surface area contributed by atoms with Gasteiger partial charge in [-0.2, -0.15) is 0 Å². The van der Waals surface area contributed by atoms with Crippen LogP contribution in [0.5, 0.6) is 0 Å². The van der Waals surface area contributed by atoms with E-state index in [4.69, 9.17) is 0 Å². The highest BCUT2D eigenvalue weighted by Crippen LogP contribution is 2.61. The summed E-state index contributed by atoms with van der Waals surface area (Å²) in [6.07, 6.45) is 7.86. The molecule has 4 aliphatic rings. The summed E-state index contributed by atoms with van der Waals surface area (Å²) in [6, 6.07) is 5.46. The van der Waals surface area contributed by atoms with Crippen LogP contribution < -0.4 is 10.6 Å². The summed E-state index contributed by atoms with van der Waals surface area (Å²) in [6.45, 7) is 2.08. The first-order valence-electron chi connectivity index (χ1n) is 9.77. The van der Waals surface area contributed by atoms with Gasteiger partial charge in [0.1, 0.15) is 5.82 Å². The number of amides is 2. The second kappa shape index (κ2) is 6.67. The highest BCUT2D eigenvalue weighted by molar-refractivity contribution is 5.96. The van der Waals surface area contributed by atoms with Gasteiger partial charge >= 0.3 is 0 Å². The Balaban J connectivity index is 1.31. The summed E-state index contributed by atoms with van der Waals surface area (Å²) in [5, 5.41) is 5.76. The van der Waals surface area contributed by atoms with E-state index in [9.17, 15) is 14.0 Å². The van der Waals surface area contributed by atoms with E-state index in [1.165, 1.54) is 62.8 Å². The molecule has 140 valence electrons. The molecular weight excluding hydrogens is 331 g/mol. The summed E-state index contributed by atoms with van der Waals surface area (Å²) in [4.78, 5) is 24.4. The highest BCUT2D eigenvalue weighted by Gasteiger charge is 2.53. The maximum Gasteiger partial charge on any atom is 0.251 e. The third-order valence-electron chi connectivity index (χ3n) is 6.90. The average molecular weight is 358 g/mol. The first-order valence-corrected chi connectivity index (χ1v) is 9.77. The molecule has 5 rings (SSSR count). The minimum absolute atomic E-state index is 0.0487. The molecule has 4 saturated carbocycles. The first kappa shape index (κ1) is 17.5. The lowest BCUT2D eigenvalue weighted by Crippen LogP contribution is -2.56. The summed E-state index contributed by atoms with van der Waals surface area (Å²) in [5.41, 5.74) is 0.610. The molecule has 4 bridgehead atoms. The van der Waals surface area contributed by atoms with E-state index in [2.05, 4.69) is 17.6 Å². The molecule has 2 amide bonds. The Morgan fingerprint density at radius 2 is 1.62 bits per heavy atom. The molecule has 4 nitrogen and oxygen atoms in total. The zero-order valence-corrected chi connectivity index (χ0v) is 15.3. The minimum atomic E-state index is -0.385. The maximum absolute atomic E-state index is 12.9. The van der Waals surface area contributed by atoms with Crippen molar-refractivity contribution in [1.82, 2.24) is 10.6 Å². The lowest BCUT2D eigenvalue weighted by atomic mass is 9.48. The molecule has 1 aromatic rings. The zero-order chi connectivity index (χ0) is 18.3. The molecule has 4 aliphatic carbocycles. The Morgan fingerprint density at radius 1 is 1.08 bits per heavy atom. The van der Waals surface area contributed by atoms with Crippen LogP contribution in [0.2, 0.25) is 0 Å². The van der Waals surface area contributed by atoms with Crippen LogP contribution in [0.1, 0.15) is 55.8 Å². The van der Waals surface area contributed by atoms with Crippen molar-refractivity contribution in [3.8, 4) is 0 Å². The molecule has 5 heteroatoms. The number of hydrogen-bond donors (Lipinski definition) is 2. The van der Waals surface area contributed by atoms with Crippen molar-refractivity contribution in [3.05, 3.63) is 35.6 Å². The lowest BCUT2D eigenvalue weighted by molar-refractivity contribution is -0.124. The van der Waals surface area contributed by atoms with Crippen LogP contribution >= 0.6 is 0 Å². The predicted octanol–water partition coefficient (Wildman–Crippen LogP) is 3.28. The normalized spacial score (nSPS) is 32.9. The van der Waals surface area contributed by atoms with Gasteiger partial charge < -0.3 is 10.6 Å². The van der Waals surface area contributed by atoms with Crippen LogP contribution in [0.4, 0.5) is 4.39 Å². The Kier molecular flexibility index (Phi) is 4.49. The maximum atomic E-state index is 12.9. The predicted molar refractivity (Wildman–Crippen MR) is 96.9 cm³/mol.